The fourth-order valence-corrected chi connectivity index (χ4v) is 3.99. The first-order valence-electron chi connectivity index (χ1n) is 5.45. The molecular weight excluding hydrogens is 280 g/mol. The number of aromatic carboxylic acids is 1. The lowest BCUT2D eigenvalue weighted by Crippen LogP contribution is -2.26. The van der Waals surface area contributed by atoms with Gasteiger partial charge < -0.3 is 5.11 Å². The fraction of sp³-hybridized carbons (Fsp3) is 0.364. The van der Waals surface area contributed by atoms with E-state index in [1.54, 1.807) is 6.92 Å². The van der Waals surface area contributed by atoms with Crippen LogP contribution in [0.1, 0.15) is 17.3 Å². The number of carboxylic acid groups (broad SMARTS) is 1. The molecule has 1 atom stereocenters. The zero-order valence-electron chi connectivity index (χ0n) is 9.93. The van der Waals surface area contributed by atoms with Crippen LogP contribution in [0.2, 0.25) is 0 Å². The lowest BCUT2D eigenvalue weighted by molar-refractivity contribution is 0.0686. The smallest absolute Gasteiger partial charge is 0.341 e. The normalized spacial score (nSPS) is 21.6. The van der Waals surface area contributed by atoms with E-state index < -0.39 is 33.2 Å². The minimum atomic E-state index is -3.60. The summed E-state index contributed by atoms with van der Waals surface area (Å²) in [6.45, 7) is 1.82. The van der Waals surface area contributed by atoms with Gasteiger partial charge in [0.25, 0.3) is 0 Å². The second-order valence-electron chi connectivity index (χ2n) is 4.50. The van der Waals surface area contributed by atoms with E-state index in [4.69, 9.17) is 5.11 Å². The molecule has 1 aliphatic heterocycles. The minimum Gasteiger partial charge on any atom is -0.477 e. The van der Waals surface area contributed by atoms with Gasteiger partial charge >= 0.3 is 5.97 Å². The lowest BCUT2D eigenvalue weighted by Gasteiger charge is -2.17. The number of sulfonamides is 1. The third-order valence-electron chi connectivity index (χ3n) is 2.84. The summed E-state index contributed by atoms with van der Waals surface area (Å²) in [5.41, 5.74) is -1.28. The first-order chi connectivity index (χ1) is 8.72. The Balaban J connectivity index is 2.51. The maximum atomic E-state index is 13.5. The van der Waals surface area contributed by atoms with E-state index in [0.29, 0.717) is 0 Å². The van der Waals surface area contributed by atoms with E-state index in [1.165, 1.54) is 0 Å². The summed E-state index contributed by atoms with van der Waals surface area (Å²) < 4.78 is 51.5. The standard InChI is InChI=1S/C11H11F2NO4S/c1-6-4-14(19(17,18)5-6)7-2-8(12)10(11(15)16)9(13)3-7/h2-3,6H,4-5H2,1H3,(H,15,16). The summed E-state index contributed by atoms with van der Waals surface area (Å²) >= 11 is 0. The van der Waals surface area contributed by atoms with Crippen LogP contribution >= 0.6 is 0 Å². The van der Waals surface area contributed by atoms with E-state index in [2.05, 4.69) is 0 Å². The average molecular weight is 291 g/mol. The highest BCUT2D eigenvalue weighted by Gasteiger charge is 2.34. The van der Waals surface area contributed by atoms with E-state index in [0.717, 1.165) is 16.4 Å². The fourth-order valence-electron chi connectivity index (χ4n) is 2.07. The molecule has 1 N–H and O–H groups in total. The number of anilines is 1. The first kappa shape index (κ1) is 13.7. The minimum absolute atomic E-state index is 0.100. The van der Waals surface area contributed by atoms with Crippen LogP contribution in [0.25, 0.3) is 0 Å². The van der Waals surface area contributed by atoms with Crippen molar-refractivity contribution in [2.75, 3.05) is 16.6 Å². The van der Waals surface area contributed by atoms with Crippen LogP contribution in [-0.4, -0.2) is 31.8 Å². The van der Waals surface area contributed by atoms with Crippen molar-refractivity contribution in [1.82, 2.24) is 0 Å². The van der Waals surface area contributed by atoms with Crippen molar-refractivity contribution in [2.24, 2.45) is 5.92 Å². The van der Waals surface area contributed by atoms with E-state index in [-0.39, 0.29) is 23.9 Å². The number of nitrogens with zero attached hydrogens (tertiary/aromatic N) is 1. The van der Waals surface area contributed by atoms with Gasteiger partial charge in [-0.25, -0.2) is 22.0 Å². The van der Waals surface area contributed by atoms with Crippen LogP contribution in [-0.2, 0) is 10.0 Å². The lowest BCUT2D eigenvalue weighted by atomic mass is 10.1. The van der Waals surface area contributed by atoms with E-state index >= 15 is 0 Å². The Labute approximate surface area is 108 Å². The van der Waals surface area contributed by atoms with Crippen molar-refractivity contribution in [3.8, 4) is 0 Å². The maximum Gasteiger partial charge on any atom is 0.341 e. The number of rotatable bonds is 2. The van der Waals surface area contributed by atoms with Crippen LogP contribution in [0.4, 0.5) is 14.5 Å². The van der Waals surface area contributed by atoms with Gasteiger partial charge in [0.1, 0.15) is 17.2 Å². The molecule has 1 aromatic rings. The zero-order valence-corrected chi connectivity index (χ0v) is 10.7. The molecule has 0 saturated carbocycles. The van der Waals surface area contributed by atoms with Gasteiger partial charge in [-0.2, -0.15) is 0 Å². The van der Waals surface area contributed by atoms with Gasteiger partial charge in [0.15, 0.2) is 0 Å². The van der Waals surface area contributed by atoms with E-state index in [1.807, 2.05) is 0 Å². The summed E-state index contributed by atoms with van der Waals surface area (Å²) in [6.07, 6.45) is 0. The highest BCUT2D eigenvalue weighted by molar-refractivity contribution is 7.93. The molecule has 1 heterocycles. The third kappa shape index (κ3) is 2.40. The molecule has 0 bridgehead atoms. The Morgan fingerprint density at radius 3 is 2.26 bits per heavy atom. The monoisotopic (exact) mass is 291 g/mol. The van der Waals surface area contributed by atoms with Gasteiger partial charge in [-0.15, -0.1) is 0 Å². The molecule has 1 aliphatic rings. The molecule has 0 amide bonds. The molecule has 1 aromatic carbocycles. The van der Waals surface area contributed by atoms with Crippen LogP contribution < -0.4 is 4.31 Å². The highest BCUT2D eigenvalue weighted by Crippen LogP contribution is 2.29. The number of hydrogen-bond acceptors (Lipinski definition) is 3. The molecule has 8 heteroatoms. The summed E-state index contributed by atoms with van der Waals surface area (Å²) in [5.74, 6) is -4.58. The Kier molecular flexibility index (Phi) is 3.21. The van der Waals surface area contributed by atoms with Crippen LogP contribution in [0.5, 0.6) is 0 Å². The summed E-state index contributed by atoms with van der Waals surface area (Å²) in [6, 6.07) is 1.45. The second-order valence-corrected chi connectivity index (χ2v) is 6.44. The predicted molar refractivity (Wildman–Crippen MR) is 63.6 cm³/mol. The second kappa shape index (κ2) is 4.44. The van der Waals surface area contributed by atoms with Crippen molar-refractivity contribution in [1.29, 1.82) is 0 Å². The average Bonchev–Trinajstić information content (AvgIpc) is 2.49. The molecule has 2 rings (SSSR count). The SMILES string of the molecule is CC1CN(c2cc(F)c(C(=O)O)c(F)c2)S(=O)(=O)C1. The largest absolute Gasteiger partial charge is 0.477 e. The Hall–Kier alpha value is -1.70. The molecule has 19 heavy (non-hydrogen) atoms. The van der Waals surface area contributed by atoms with Crippen molar-refractivity contribution >= 4 is 21.7 Å². The Bertz CT molecular complexity index is 621. The molecule has 0 aromatic heterocycles. The van der Waals surface area contributed by atoms with Crippen LogP contribution in [0, 0.1) is 17.6 Å². The van der Waals surface area contributed by atoms with Crippen molar-refractivity contribution < 1.29 is 27.1 Å². The number of carboxylic acids is 1. The Morgan fingerprint density at radius 1 is 1.37 bits per heavy atom. The van der Waals surface area contributed by atoms with Crippen molar-refractivity contribution in [3.05, 3.63) is 29.3 Å². The molecule has 104 valence electrons. The van der Waals surface area contributed by atoms with Gasteiger partial charge in [-0.1, -0.05) is 6.92 Å². The molecule has 0 aliphatic carbocycles. The van der Waals surface area contributed by atoms with Gasteiger partial charge in [-0.3, -0.25) is 4.31 Å². The summed E-state index contributed by atoms with van der Waals surface area (Å²) in [5, 5.41) is 8.64. The van der Waals surface area contributed by atoms with Gasteiger partial charge in [0.2, 0.25) is 10.0 Å². The number of carbonyl (C=O) groups is 1. The molecule has 1 unspecified atom stereocenters. The number of halogens is 2. The highest BCUT2D eigenvalue weighted by atomic mass is 32.2. The Morgan fingerprint density at radius 2 is 1.89 bits per heavy atom. The van der Waals surface area contributed by atoms with Crippen LogP contribution in [0.3, 0.4) is 0 Å². The van der Waals surface area contributed by atoms with Crippen molar-refractivity contribution in [3.63, 3.8) is 0 Å². The van der Waals surface area contributed by atoms with Crippen LogP contribution in [0.15, 0.2) is 12.1 Å². The van der Waals surface area contributed by atoms with Gasteiger partial charge in [-0.05, 0) is 18.1 Å². The maximum absolute atomic E-state index is 13.5. The molecule has 5 nitrogen and oxygen atoms in total. The molecule has 1 fully saturated rings. The number of hydrogen-bond donors (Lipinski definition) is 1. The zero-order chi connectivity index (χ0) is 14.4. The van der Waals surface area contributed by atoms with E-state index in [9.17, 15) is 22.0 Å². The first-order valence-corrected chi connectivity index (χ1v) is 7.06. The summed E-state index contributed by atoms with van der Waals surface area (Å²) in [7, 11) is -3.60. The van der Waals surface area contributed by atoms with Crippen molar-refractivity contribution in [2.45, 2.75) is 6.92 Å². The van der Waals surface area contributed by atoms with Gasteiger partial charge in [0, 0.05) is 6.54 Å². The quantitative estimate of drug-likeness (QED) is 0.895. The molecular formula is C11H11F2NO4S. The molecule has 1 saturated heterocycles. The predicted octanol–water partition coefficient (Wildman–Crippen LogP) is 1.45. The summed E-state index contributed by atoms with van der Waals surface area (Å²) in [4.78, 5) is 10.6. The number of benzene rings is 1. The molecule has 0 radical (unpaired) electrons. The van der Waals surface area contributed by atoms with Gasteiger partial charge in [0.05, 0.1) is 11.4 Å². The topological polar surface area (TPSA) is 74.7 Å². The third-order valence-corrected chi connectivity index (χ3v) is 4.86. The molecule has 0 spiro atoms.